The molecule has 190 valence electrons. The molecule has 1 aliphatic heterocycles. The number of methoxy groups -OCH3 is 1. The molecule has 0 atom stereocenters. The number of aryl methyl sites for hydroxylation is 1. The zero-order chi connectivity index (χ0) is 25.5. The molecule has 4 rings (SSSR count). The minimum Gasteiger partial charge on any atom is -0.495 e. The molecule has 0 saturated carbocycles. The lowest BCUT2D eigenvalue weighted by Gasteiger charge is -2.27. The van der Waals surface area contributed by atoms with E-state index < -0.39 is 0 Å². The highest BCUT2D eigenvalue weighted by Crippen LogP contribution is 2.33. The molecule has 0 aliphatic carbocycles. The van der Waals surface area contributed by atoms with Crippen molar-refractivity contribution < 1.29 is 28.2 Å². The number of ether oxygens (including phenoxy) is 3. The van der Waals surface area contributed by atoms with Gasteiger partial charge in [-0.3, -0.25) is 4.79 Å². The fourth-order valence-corrected chi connectivity index (χ4v) is 3.98. The van der Waals surface area contributed by atoms with Crippen LogP contribution in [0.1, 0.15) is 30.4 Å². The Morgan fingerprint density at radius 2 is 1.81 bits per heavy atom. The van der Waals surface area contributed by atoms with Crippen LogP contribution in [0.4, 0.5) is 10.5 Å². The second-order valence-electron chi connectivity index (χ2n) is 8.50. The maximum absolute atomic E-state index is 13.5. The van der Waals surface area contributed by atoms with Gasteiger partial charge in [-0.1, -0.05) is 25.1 Å². The molecule has 0 fully saturated rings. The highest BCUT2D eigenvalue weighted by atomic mass is 16.7. The molecule has 3 aromatic rings. The van der Waals surface area contributed by atoms with E-state index in [1.165, 1.54) is 4.90 Å². The molecule has 0 radical (unpaired) electrons. The topological polar surface area (TPSA) is 93.5 Å². The standard InChI is InChI=1S/C27H31N3O6/c1-4-13-29(27(32)28-22-7-5-6-8-23(22)33-3)17-26(31)30(16-21-11-9-19(2)36-21)15-20-10-12-24-25(14-20)35-18-34-24/h5-12,14H,4,13,15-18H2,1-3H3,(H,28,32). The van der Waals surface area contributed by atoms with E-state index >= 15 is 0 Å². The number of carbonyl (C=O) groups excluding carboxylic acids is 2. The Bertz CT molecular complexity index is 1210. The Morgan fingerprint density at radius 3 is 2.56 bits per heavy atom. The number of urea groups is 1. The van der Waals surface area contributed by atoms with Crippen LogP contribution < -0.4 is 19.5 Å². The van der Waals surface area contributed by atoms with Gasteiger partial charge in [-0.2, -0.15) is 0 Å². The van der Waals surface area contributed by atoms with Gasteiger partial charge in [-0.15, -0.1) is 0 Å². The largest absolute Gasteiger partial charge is 0.495 e. The van der Waals surface area contributed by atoms with E-state index in [2.05, 4.69) is 5.32 Å². The number of nitrogens with zero attached hydrogens (tertiary/aromatic N) is 2. The van der Waals surface area contributed by atoms with Crippen molar-refractivity contribution in [1.82, 2.24) is 9.80 Å². The van der Waals surface area contributed by atoms with Crippen molar-refractivity contribution in [3.63, 3.8) is 0 Å². The summed E-state index contributed by atoms with van der Waals surface area (Å²) in [5, 5.41) is 2.86. The van der Waals surface area contributed by atoms with Gasteiger partial charge in [0, 0.05) is 13.1 Å². The molecule has 1 N–H and O–H groups in total. The van der Waals surface area contributed by atoms with Gasteiger partial charge < -0.3 is 33.7 Å². The van der Waals surface area contributed by atoms with E-state index in [0.29, 0.717) is 48.2 Å². The van der Waals surface area contributed by atoms with E-state index in [4.69, 9.17) is 18.6 Å². The molecule has 3 amide bonds. The monoisotopic (exact) mass is 493 g/mol. The molecule has 2 heterocycles. The van der Waals surface area contributed by atoms with Crippen LogP contribution in [-0.4, -0.2) is 48.7 Å². The summed E-state index contributed by atoms with van der Waals surface area (Å²) in [6, 6.07) is 16.1. The van der Waals surface area contributed by atoms with E-state index in [-0.39, 0.29) is 31.8 Å². The number of fused-ring (bicyclic) bond motifs is 1. The fourth-order valence-electron chi connectivity index (χ4n) is 3.98. The average Bonchev–Trinajstić information content (AvgIpc) is 3.51. The third kappa shape index (κ3) is 6.10. The Kier molecular flexibility index (Phi) is 7.99. The number of hydrogen-bond donors (Lipinski definition) is 1. The van der Waals surface area contributed by atoms with Gasteiger partial charge in [-0.05, 0) is 55.3 Å². The second-order valence-corrected chi connectivity index (χ2v) is 8.50. The number of para-hydroxylation sites is 2. The van der Waals surface area contributed by atoms with Gasteiger partial charge in [0.25, 0.3) is 0 Å². The Morgan fingerprint density at radius 1 is 1.00 bits per heavy atom. The summed E-state index contributed by atoms with van der Waals surface area (Å²) in [7, 11) is 1.54. The number of benzene rings is 2. The molecule has 0 unspecified atom stereocenters. The first-order valence-electron chi connectivity index (χ1n) is 11.9. The van der Waals surface area contributed by atoms with Crippen LogP contribution in [0.2, 0.25) is 0 Å². The number of anilines is 1. The van der Waals surface area contributed by atoms with Crippen molar-refractivity contribution in [3.8, 4) is 17.2 Å². The molecule has 0 bridgehead atoms. The Hall–Kier alpha value is -4.14. The summed E-state index contributed by atoms with van der Waals surface area (Å²) in [6.45, 7) is 4.94. The van der Waals surface area contributed by atoms with Crippen molar-refractivity contribution in [2.75, 3.05) is 32.3 Å². The molecular weight excluding hydrogens is 462 g/mol. The van der Waals surface area contributed by atoms with Gasteiger partial charge in [0.15, 0.2) is 11.5 Å². The summed E-state index contributed by atoms with van der Waals surface area (Å²) in [4.78, 5) is 29.8. The number of carbonyl (C=O) groups is 2. The molecule has 0 spiro atoms. The zero-order valence-electron chi connectivity index (χ0n) is 20.8. The smallest absolute Gasteiger partial charge is 0.322 e. The normalized spacial score (nSPS) is 11.8. The van der Waals surface area contributed by atoms with Gasteiger partial charge in [0.2, 0.25) is 12.7 Å². The summed E-state index contributed by atoms with van der Waals surface area (Å²) in [6.07, 6.45) is 0.701. The molecule has 1 aromatic heterocycles. The molecule has 9 nitrogen and oxygen atoms in total. The second kappa shape index (κ2) is 11.5. The number of nitrogens with one attached hydrogen (secondary N) is 1. The van der Waals surface area contributed by atoms with Crippen LogP contribution in [0.15, 0.2) is 59.0 Å². The summed E-state index contributed by atoms with van der Waals surface area (Å²) >= 11 is 0. The van der Waals surface area contributed by atoms with Crippen LogP contribution in [-0.2, 0) is 17.9 Å². The fraction of sp³-hybridized carbons (Fsp3) is 0.333. The predicted molar refractivity (Wildman–Crippen MR) is 134 cm³/mol. The van der Waals surface area contributed by atoms with Crippen LogP contribution in [0.5, 0.6) is 17.2 Å². The first-order chi connectivity index (χ1) is 17.5. The lowest BCUT2D eigenvalue weighted by molar-refractivity contribution is -0.133. The van der Waals surface area contributed by atoms with Gasteiger partial charge in [0.1, 0.15) is 23.8 Å². The Balaban J connectivity index is 1.51. The highest BCUT2D eigenvalue weighted by molar-refractivity contribution is 5.93. The highest BCUT2D eigenvalue weighted by Gasteiger charge is 2.24. The van der Waals surface area contributed by atoms with Crippen LogP contribution in [0.3, 0.4) is 0 Å². The van der Waals surface area contributed by atoms with E-state index in [0.717, 1.165) is 11.3 Å². The lowest BCUT2D eigenvalue weighted by Crippen LogP contribution is -2.44. The first-order valence-corrected chi connectivity index (χ1v) is 11.9. The first kappa shape index (κ1) is 25.0. The van der Waals surface area contributed by atoms with E-state index in [1.807, 2.05) is 56.3 Å². The lowest BCUT2D eigenvalue weighted by atomic mass is 10.2. The summed E-state index contributed by atoms with van der Waals surface area (Å²) in [5.41, 5.74) is 1.43. The third-order valence-electron chi connectivity index (χ3n) is 5.76. The molecule has 36 heavy (non-hydrogen) atoms. The quantitative estimate of drug-likeness (QED) is 0.436. The van der Waals surface area contributed by atoms with Crippen LogP contribution in [0, 0.1) is 6.92 Å². The minimum absolute atomic E-state index is 0.0843. The van der Waals surface area contributed by atoms with Crippen molar-refractivity contribution in [1.29, 1.82) is 0 Å². The number of rotatable bonds is 10. The number of hydrogen-bond acceptors (Lipinski definition) is 6. The van der Waals surface area contributed by atoms with Crippen LogP contribution >= 0.6 is 0 Å². The van der Waals surface area contributed by atoms with Crippen molar-refractivity contribution >= 4 is 17.6 Å². The van der Waals surface area contributed by atoms with Crippen LogP contribution in [0.25, 0.3) is 0 Å². The predicted octanol–water partition coefficient (Wildman–Crippen LogP) is 4.80. The molecule has 9 heteroatoms. The summed E-state index contributed by atoms with van der Waals surface area (Å²) in [5.74, 6) is 3.11. The molecule has 0 saturated heterocycles. The Labute approximate surface area is 210 Å². The molecule has 1 aliphatic rings. The van der Waals surface area contributed by atoms with Crippen molar-refractivity contribution in [2.45, 2.75) is 33.4 Å². The van der Waals surface area contributed by atoms with Gasteiger partial charge >= 0.3 is 6.03 Å². The van der Waals surface area contributed by atoms with Gasteiger partial charge in [0.05, 0.1) is 19.3 Å². The van der Waals surface area contributed by atoms with Gasteiger partial charge in [-0.25, -0.2) is 4.79 Å². The number of furan rings is 1. The SMILES string of the molecule is CCCN(CC(=O)N(Cc1ccc2c(c1)OCO2)Cc1ccc(C)o1)C(=O)Nc1ccccc1OC. The molecule has 2 aromatic carbocycles. The minimum atomic E-state index is -0.369. The third-order valence-corrected chi connectivity index (χ3v) is 5.76. The average molecular weight is 494 g/mol. The maximum atomic E-state index is 13.5. The maximum Gasteiger partial charge on any atom is 0.322 e. The zero-order valence-corrected chi connectivity index (χ0v) is 20.8. The summed E-state index contributed by atoms with van der Waals surface area (Å²) < 4.78 is 22.0. The molecular formula is C27H31N3O6. The van der Waals surface area contributed by atoms with Crippen molar-refractivity contribution in [2.24, 2.45) is 0 Å². The van der Waals surface area contributed by atoms with Crippen molar-refractivity contribution in [3.05, 3.63) is 71.7 Å². The van der Waals surface area contributed by atoms with E-state index in [9.17, 15) is 9.59 Å². The van der Waals surface area contributed by atoms with E-state index in [1.54, 1.807) is 24.1 Å². The number of amides is 3.